The number of benzene rings is 2. The molecule has 1 fully saturated rings. The van der Waals surface area contributed by atoms with E-state index in [-0.39, 0.29) is 11.7 Å². The van der Waals surface area contributed by atoms with Crippen molar-refractivity contribution in [1.82, 2.24) is 9.80 Å². The molecule has 0 N–H and O–H groups in total. The quantitative estimate of drug-likeness (QED) is 0.800. The third-order valence-corrected chi connectivity index (χ3v) is 5.23. The lowest BCUT2D eigenvalue weighted by Crippen LogP contribution is -2.53. The van der Waals surface area contributed by atoms with Gasteiger partial charge in [-0.25, -0.2) is 4.39 Å². The Morgan fingerprint density at radius 3 is 2.26 bits per heavy atom. The van der Waals surface area contributed by atoms with E-state index in [1.807, 2.05) is 36.9 Å². The van der Waals surface area contributed by atoms with Crippen LogP contribution in [0.15, 0.2) is 60.7 Å². The fourth-order valence-corrected chi connectivity index (χ4v) is 3.42. The Bertz CT molecular complexity index is 776. The first kappa shape index (κ1) is 19.3. The van der Waals surface area contributed by atoms with Crippen LogP contribution in [-0.2, 0) is 10.2 Å². The summed E-state index contributed by atoms with van der Waals surface area (Å²) in [6.45, 7) is 7.90. The molecule has 1 saturated heterocycles. The molecule has 0 unspecified atom stereocenters. The minimum absolute atomic E-state index is 0.105. The molecule has 0 bridgehead atoms. The van der Waals surface area contributed by atoms with Gasteiger partial charge in [-0.2, -0.15) is 0 Å². The zero-order chi connectivity index (χ0) is 19.3. The lowest BCUT2D eigenvalue weighted by Gasteiger charge is -2.38. The van der Waals surface area contributed by atoms with Gasteiger partial charge in [0.15, 0.2) is 0 Å². The lowest BCUT2D eigenvalue weighted by atomic mass is 9.83. The van der Waals surface area contributed by atoms with Crippen LogP contribution in [0.25, 0.3) is 6.08 Å². The smallest absolute Gasteiger partial charge is 0.232 e. The minimum Gasteiger partial charge on any atom is -0.339 e. The topological polar surface area (TPSA) is 23.6 Å². The first-order valence-corrected chi connectivity index (χ1v) is 9.46. The van der Waals surface area contributed by atoms with E-state index in [1.165, 1.54) is 17.7 Å². The summed E-state index contributed by atoms with van der Waals surface area (Å²) in [6.07, 6.45) is 4.31. The van der Waals surface area contributed by atoms with E-state index in [2.05, 4.69) is 29.2 Å². The molecule has 4 heteroatoms. The number of rotatable bonds is 5. The van der Waals surface area contributed by atoms with Crippen LogP contribution in [0.1, 0.15) is 25.0 Å². The van der Waals surface area contributed by atoms with Crippen molar-refractivity contribution in [3.05, 3.63) is 77.6 Å². The highest BCUT2D eigenvalue weighted by atomic mass is 19.1. The van der Waals surface area contributed by atoms with E-state index < -0.39 is 5.41 Å². The molecule has 1 aliphatic heterocycles. The molecule has 0 aliphatic carbocycles. The Hall–Kier alpha value is -2.46. The van der Waals surface area contributed by atoms with Crippen LogP contribution in [0.2, 0.25) is 0 Å². The Morgan fingerprint density at radius 1 is 1.00 bits per heavy atom. The summed E-state index contributed by atoms with van der Waals surface area (Å²) in [7, 11) is 0. The Morgan fingerprint density at radius 2 is 1.63 bits per heavy atom. The van der Waals surface area contributed by atoms with Gasteiger partial charge in [0, 0.05) is 32.7 Å². The number of carbonyl (C=O) groups is 1. The number of piperazine rings is 1. The van der Waals surface area contributed by atoms with Crippen LogP contribution in [0.5, 0.6) is 0 Å². The normalized spacial score (nSPS) is 16.0. The molecule has 0 saturated carbocycles. The van der Waals surface area contributed by atoms with E-state index in [9.17, 15) is 9.18 Å². The van der Waals surface area contributed by atoms with Crippen molar-refractivity contribution in [2.75, 3.05) is 32.7 Å². The second kappa shape index (κ2) is 8.49. The van der Waals surface area contributed by atoms with Gasteiger partial charge in [0.2, 0.25) is 5.91 Å². The summed E-state index contributed by atoms with van der Waals surface area (Å²) in [6, 6.07) is 16.5. The Balaban J connectivity index is 1.53. The van der Waals surface area contributed by atoms with E-state index in [4.69, 9.17) is 0 Å². The summed E-state index contributed by atoms with van der Waals surface area (Å²) in [5.74, 6) is -0.173. The maximum atomic E-state index is 13.2. The summed E-state index contributed by atoms with van der Waals surface area (Å²) >= 11 is 0. The van der Waals surface area contributed by atoms with Crippen molar-refractivity contribution >= 4 is 12.0 Å². The minimum atomic E-state index is -0.650. The van der Waals surface area contributed by atoms with Crippen LogP contribution < -0.4 is 0 Å². The van der Waals surface area contributed by atoms with Crippen molar-refractivity contribution in [3.8, 4) is 0 Å². The van der Waals surface area contributed by atoms with Crippen LogP contribution in [-0.4, -0.2) is 48.4 Å². The van der Waals surface area contributed by atoms with Gasteiger partial charge in [0.25, 0.3) is 0 Å². The fourth-order valence-electron chi connectivity index (χ4n) is 3.42. The van der Waals surface area contributed by atoms with Crippen molar-refractivity contribution < 1.29 is 9.18 Å². The molecule has 1 amide bonds. The second-order valence-corrected chi connectivity index (χ2v) is 7.54. The molecule has 0 radical (unpaired) electrons. The SMILES string of the molecule is CC(C)(C(=O)N1CCN(C/C=C/c2ccccc2)CC1)c1ccc(F)cc1. The third kappa shape index (κ3) is 4.83. The Kier molecular flexibility index (Phi) is 6.07. The summed E-state index contributed by atoms with van der Waals surface area (Å²) < 4.78 is 13.2. The fraction of sp³-hybridized carbons (Fsp3) is 0.348. The second-order valence-electron chi connectivity index (χ2n) is 7.54. The molecule has 3 rings (SSSR count). The lowest BCUT2D eigenvalue weighted by molar-refractivity contribution is -0.138. The number of carbonyl (C=O) groups excluding carboxylic acids is 1. The van der Waals surface area contributed by atoms with E-state index in [0.717, 1.165) is 38.3 Å². The highest BCUT2D eigenvalue weighted by molar-refractivity contribution is 5.87. The monoisotopic (exact) mass is 366 g/mol. The first-order chi connectivity index (χ1) is 13.0. The van der Waals surface area contributed by atoms with Crippen molar-refractivity contribution in [1.29, 1.82) is 0 Å². The summed E-state index contributed by atoms with van der Waals surface area (Å²) in [5.41, 5.74) is 1.40. The van der Waals surface area contributed by atoms with E-state index >= 15 is 0 Å². The zero-order valence-corrected chi connectivity index (χ0v) is 16.1. The standard InChI is InChI=1S/C23H27FN2O/c1-23(2,20-10-12-21(24)13-11-20)22(27)26-17-15-25(16-18-26)14-6-9-19-7-4-3-5-8-19/h3-13H,14-18H2,1-2H3/b9-6+. The van der Waals surface area contributed by atoms with Crippen molar-refractivity contribution in [2.45, 2.75) is 19.3 Å². The number of amides is 1. The van der Waals surface area contributed by atoms with Gasteiger partial charge < -0.3 is 4.90 Å². The average Bonchev–Trinajstić information content (AvgIpc) is 2.69. The van der Waals surface area contributed by atoms with Gasteiger partial charge in [0.1, 0.15) is 5.82 Å². The third-order valence-electron chi connectivity index (χ3n) is 5.23. The number of hydrogen-bond donors (Lipinski definition) is 0. The molecule has 3 nitrogen and oxygen atoms in total. The summed E-state index contributed by atoms with van der Waals surface area (Å²) in [5, 5.41) is 0. The highest BCUT2D eigenvalue weighted by Crippen LogP contribution is 2.26. The maximum absolute atomic E-state index is 13.2. The molecular formula is C23H27FN2O. The Labute approximate surface area is 161 Å². The molecule has 1 heterocycles. The first-order valence-electron chi connectivity index (χ1n) is 9.46. The summed E-state index contributed by atoms with van der Waals surface area (Å²) in [4.78, 5) is 17.3. The van der Waals surface area contributed by atoms with Crippen LogP contribution in [0.3, 0.4) is 0 Å². The molecule has 2 aromatic rings. The molecule has 0 aromatic heterocycles. The average molecular weight is 366 g/mol. The van der Waals surface area contributed by atoms with Gasteiger partial charge in [-0.05, 0) is 37.1 Å². The largest absolute Gasteiger partial charge is 0.339 e. The molecule has 27 heavy (non-hydrogen) atoms. The van der Waals surface area contributed by atoms with E-state index in [1.54, 1.807) is 12.1 Å². The molecule has 142 valence electrons. The van der Waals surface area contributed by atoms with Crippen LogP contribution in [0.4, 0.5) is 4.39 Å². The van der Waals surface area contributed by atoms with Gasteiger partial charge in [-0.1, -0.05) is 54.6 Å². The predicted octanol–water partition coefficient (Wildman–Crippen LogP) is 3.96. The number of halogens is 1. The van der Waals surface area contributed by atoms with Crippen molar-refractivity contribution in [2.24, 2.45) is 0 Å². The number of hydrogen-bond acceptors (Lipinski definition) is 2. The van der Waals surface area contributed by atoms with Gasteiger partial charge >= 0.3 is 0 Å². The molecular weight excluding hydrogens is 339 g/mol. The zero-order valence-electron chi connectivity index (χ0n) is 16.1. The van der Waals surface area contributed by atoms with E-state index in [0.29, 0.717) is 0 Å². The van der Waals surface area contributed by atoms with Gasteiger partial charge in [-0.15, -0.1) is 0 Å². The molecule has 2 aromatic carbocycles. The van der Waals surface area contributed by atoms with Crippen LogP contribution >= 0.6 is 0 Å². The molecule has 0 spiro atoms. The maximum Gasteiger partial charge on any atom is 0.232 e. The highest BCUT2D eigenvalue weighted by Gasteiger charge is 2.35. The molecule has 1 aliphatic rings. The predicted molar refractivity (Wildman–Crippen MR) is 108 cm³/mol. The van der Waals surface area contributed by atoms with Crippen LogP contribution in [0, 0.1) is 5.82 Å². The number of nitrogens with zero attached hydrogens (tertiary/aromatic N) is 2. The van der Waals surface area contributed by atoms with Gasteiger partial charge in [-0.3, -0.25) is 9.69 Å². The van der Waals surface area contributed by atoms with Gasteiger partial charge in [0.05, 0.1) is 5.41 Å². The molecule has 0 atom stereocenters. The van der Waals surface area contributed by atoms with Crippen molar-refractivity contribution in [3.63, 3.8) is 0 Å².